The van der Waals surface area contributed by atoms with E-state index < -0.39 is 0 Å². The molecule has 1 fully saturated rings. The van der Waals surface area contributed by atoms with E-state index in [0.717, 1.165) is 29.7 Å². The van der Waals surface area contributed by atoms with Crippen LogP contribution in [0, 0.1) is 0 Å². The molecule has 1 aromatic carbocycles. The molecule has 0 radical (unpaired) electrons. The molecule has 25 heavy (non-hydrogen) atoms. The van der Waals surface area contributed by atoms with Gasteiger partial charge >= 0.3 is 0 Å². The van der Waals surface area contributed by atoms with Gasteiger partial charge in [-0.25, -0.2) is 4.98 Å². The normalized spacial score (nSPS) is 14.9. The Balaban J connectivity index is 1.38. The molecule has 1 aliphatic rings. The van der Waals surface area contributed by atoms with Crippen LogP contribution in [0.2, 0.25) is 0 Å². The zero-order valence-corrected chi connectivity index (χ0v) is 14.0. The van der Waals surface area contributed by atoms with Crippen molar-refractivity contribution in [3.8, 4) is 0 Å². The number of carbonyl (C=O) groups is 1. The van der Waals surface area contributed by atoms with E-state index in [0.29, 0.717) is 26.1 Å². The molecular formula is C18H20N6O. The molecule has 0 aliphatic carbocycles. The monoisotopic (exact) mass is 336 g/mol. The lowest BCUT2D eigenvalue weighted by atomic mass is 10.1. The number of fused-ring (bicyclic) bond motifs is 1. The third-order valence-corrected chi connectivity index (χ3v) is 4.63. The summed E-state index contributed by atoms with van der Waals surface area (Å²) < 4.78 is 1.93. The summed E-state index contributed by atoms with van der Waals surface area (Å²) in [7, 11) is 0. The molecule has 0 bridgehead atoms. The highest BCUT2D eigenvalue weighted by molar-refractivity contribution is 5.91. The van der Waals surface area contributed by atoms with Gasteiger partial charge in [0.25, 0.3) is 0 Å². The Morgan fingerprint density at radius 2 is 1.96 bits per heavy atom. The number of amides is 1. The number of imidazole rings is 1. The van der Waals surface area contributed by atoms with E-state index in [1.807, 2.05) is 33.9 Å². The zero-order chi connectivity index (χ0) is 17.1. The minimum absolute atomic E-state index is 0.192. The average Bonchev–Trinajstić information content (AvgIpc) is 3.19. The summed E-state index contributed by atoms with van der Waals surface area (Å²) >= 11 is 0. The highest BCUT2D eigenvalue weighted by Gasteiger charge is 2.23. The van der Waals surface area contributed by atoms with E-state index in [9.17, 15) is 4.79 Å². The van der Waals surface area contributed by atoms with Gasteiger partial charge in [-0.2, -0.15) is 5.10 Å². The second-order valence-electron chi connectivity index (χ2n) is 6.17. The van der Waals surface area contributed by atoms with Crippen LogP contribution >= 0.6 is 0 Å². The van der Waals surface area contributed by atoms with Crippen molar-refractivity contribution in [2.45, 2.75) is 13.0 Å². The Hall–Kier alpha value is -2.96. The smallest absolute Gasteiger partial charge is 0.224 e. The van der Waals surface area contributed by atoms with Crippen molar-refractivity contribution >= 4 is 22.5 Å². The van der Waals surface area contributed by atoms with Gasteiger partial charge in [-0.3, -0.25) is 4.79 Å². The van der Waals surface area contributed by atoms with Gasteiger partial charge < -0.3 is 14.4 Å². The van der Waals surface area contributed by atoms with Crippen LogP contribution in [0.5, 0.6) is 0 Å². The molecule has 0 atom stereocenters. The van der Waals surface area contributed by atoms with Crippen LogP contribution in [0.3, 0.4) is 0 Å². The number of aromatic nitrogens is 4. The quantitative estimate of drug-likeness (QED) is 0.723. The first-order valence-corrected chi connectivity index (χ1v) is 8.50. The van der Waals surface area contributed by atoms with E-state index in [1.54, 1.807) is 18.7 Å². The Kier molecular flexibility index (Phi) is 4.28. The summed E-state index contributed by atoms with van der Waals surface area (Å²) in [4.78, 5) is 20.5. The maximum absolute atomic E-state index is 12.4. The number of hydrogen-bond acceptors (Lipinski definition) is 5. The second kappa shape index (κ2) is 6.88. The maximum atomic E-state index is 12.4. The predicted octanol–water partition coefficient (Wildman–Crippen LogP) is 1.57. The molecular weight excluding hydrogens is 316 g/mol. The summed E-state index contributed by atoms with van der Waals surface area (Å²) in [6.07, 6.45) is 7.64. The Labute approximate surface area is 145 Å². The first-order valence-electron chi connectivity index (χ1n) is 8.50. The number of carbonyl (C=O) groups excluding carboxylic acids is 1. The molecule has 7 nitrogen and oxygen atoms in total. The van der Waals surface area contributed by atoms with E-state index in [-0.39, 0.29) is 5.91 Å². The van der Waals surface area contributed by atoms with Gasteiger partial charge in [-0.05, 0) is 0 Å². The van der Waals surface area contributed by atoms with Gasteiger partial charge in [0.2, 0.25) is 5.91 Å². The lowest BCUT2D eigenvalue weighted by Crippen LogP contribution is -2.49. The summed E-state index contributed by atoms with van der Waals surface area (Å²) in [6, 6.07) is 8.14. The Morgan fingerprint density at radius 3 is 2.76 bits per heavy atom. The standard InChI is InChI=1S/C18H20N6O/c25-17(5-7-22-8-6-19-14-22)23-9-11-24(12-10-23)18-16-4-2-1-3-15(16)13-20-21-18/h1-4,6,8,13-14H,5,7,9-12H2. The van der Waals surface area contributed by atoms with Crippen LogP contribution in [-0.4, -0.2) is 56.7 Å². The summed E-state index contributed by atoms with van der Waals surface area (Å²) in [5.74, 6) is 1.10. The SMILES string of the molecule is O=C(CCn1ccnc1)N1CCN(c2nncc3ccccc23)CC1. The van der Waals surface area contributed by atoms with Gasteiger partial charge in [0, 0.05) is 62.3 Å². The van der Waals surface area contributed by atoms with Crippen molar-refractivity contribution < 1.29 is 4.79 Å². The largest absolute Gasteiger partial charge is 0.351 e. The molecule has 3 aromatic rings. The minimum Gasteiger partial charge on any atom is -0.351 e. The van der Waals surface area contributed by atoms with Gasteiger partial charge in [0.05, 0.1) is 12.5 Å². The van der Waals surface area contributed by atoms with Crippen LogP contribution < -0.4 is 4.90 Å². The lowest BCUT2D eigenvalue weighted by Gasteiger charge is -2.35. The van der Waals surface area contributed by atoms with Gasteiger partial charge in [0.1, 0.15) is 0 Å². The minimum atomic E-state index is 0.192. The number of rotatable bonds is 4. The van der Waals surface area contributed by atoms with Crippen molar-refractivity contribution in [3.05, 3.63) is 49.2 Å². The highest BCUT2D eigenvalue weighted by Crippen LogP contribution is 2.24. The molecule has 3 heterocycles. The van der Waals surface area contributed by atoms with E-state index in [4.69, 9.17) is 0 Å². The average molecular weight is 336 g/mol. The van der Waals surface area contributed by atoms with Crippen LogP contribution in [0.4, 0.5) is 5.82 Å². The van der Waals surface area contributed by atoms with Crippen LogP contribution in [-0.2, 0) is 11.3 Å². The molecule has 4 rings (SSSR count). The molecule has 7 heteroatoms. The van der Waals surface area contributed by atoms with Crippen LogP contribution in [0.15, 0.2) is 49.2 Å². The van der Waals surface area contributed by atoms with Crippen LogP contribution in [0.25, 0.3) is 10.8 Å². The maximum Gasteiger partial charge on any atom is 0.224 e. The molecule has 0 unspecified atom stereocenters. The van der Waals surface area contributed by atoms with Gasteiger partial charge in [0.15, 0.2) is 5.82 Å². The third kappa shape index (κ3) is 3.31. The van der Waals surface area contributed by atoms with Crippen molar-refractivity contribution in [1.29, 1.82) is 0 Å². The summed E-state index contributed by atoms with van der Waals surface area (Å²) in [6.45, 7) is 3.66. The molecule has 1 aliphatic heterocycles. The second-order valence-corrected chi connectivity index (χ2v) is 6.17. The summed E-state index contributed by atoms with van der Waals surface area (Å²) in [5, 5.41) is 10.6. The Bertz CT molecular complexity index is 850. The number of piperazine rings is 1. The van der Waals surface area contributed by atoms with Crippen molar-refractivity contribution in [2.24, 2.45) is 0 Å². The molecule has 0 spiro atoms. The van der Waals surface area contributed by atoms with Crippen molar-refractivity contribution in [1.82, 2.24) is 24.6 Å². The number of aryl methyl sites for hydroxylation is 1. The van der Waals surface area contributed by atoms with Gasteiger partial charge in [-0.15, -0.1) is 5.10 Å². The van der Waals surface area contributed by atoms with Crippen LogP contribution in [0.1, 0.15) is 6.42 Å². The van der Waals surface area contributed by atoms with Crippen molar-refractivity contribution in [3.63, 3.8) is 0 Å². The van der Waals surface area contributed by atoms with E-state index in [1.165, 1.54) is 0 Å². The third-order valence-electron chi connectivity index (χ3n) is 4.63. The number of benzene rings is 1. The lowest BCUT2D eigenvalue weighted by molar-refractivity contribution is -0.131. The fraction of sp³-hybridized carbons (Fsp3) is 0.333. The molecule has 2 aromatic heterocycles. The number of hydrogen-bond donors (Lipinski definition) is 0. The Morgan fingerprint density at radius 1 is 1.12 bits per heavy atom. The molecule has 0 N–H and O–H groups in total. The highest BCUT2D eigenvalue weighted by atomic mass is 16.2. The van der Waals surface area contributed by atoms with E-state index >= 15 is 0 Å². The molecule has 128 valence electrons. The topological polar surface area (TPSA) is 67.2 Å². The summed E-state index contributed by atoms with van der Waals surface area (Å²) in [5.41, 5.74) is 0. The number of nitrogens with zero attached hydrogens (tertiary/aromatic N) is 6. The zero-order valence-electron chi connectivity index (χ0n) is 14.0. The molecule has 1 saturated heterocycles. The molecule has 0 saturated carbocycles. The molecule has 1 amide bonds. The fourth-order valence-electron chi connectivity index (χ4n) is 3.22. The first-order chi connectivity index (χ1) is 12.3. The number of anilines is 1. The van der Waals surface area contributed by atoms with Gasteiger partial charge in [-0.1, -0.05) is 24.3 Å². The first kappa shape index (κ1) is 15.6. The predicted molar refractivity (Wildman–Crippen MR) is 95.2 cm³/mol. The fourth-order valence-corrected chi connectivity index (χ4v) is 3.22. The van der Waals surface area contributed by atoms with Crippen molar-refractivity contribution in [2.75, 3.05) is 31.1 Å². The van der Waals surface area contributed by atoms with E-state index in [2.05, 4.69) is 26.1 Å².